The highest BCUT2D eigenvalue weighted by Gasteiger charge is 2.21. The van der Waals surface area contributed by atoms with Gasteiger partial charge in [-0.2, -0.15) is 9.97 Å². The molecule has 0 bridgehead atoms. The Balaban J connectivity index is 1.16. The van der Waals surface area contributed by atoms with Crippen molar-refractivity contribution < 1.29 is 0 Å². The largest absolute Gasteiger partial charge is 0.309 e. The summed E-state index contributed by atoms with van der Waals surface area (Å²) in [6.07, 6.45) is 0. The van der Waals surface area contributed by atoms with Gasteiger partial charge in [0.1, 0.15) is 0 Å². The fraction of sp³-hybridized carbons (Fsp3) is 0. The zero-order valence-electron chi connectivity index (χ0n) is 30.1. The van der Waals surface area contributed by atoms with E-state index in [4.69, 9.17) is 15.0 Å². The molecular formula is C51H31N5. The van der Waals surface area contributed by atoms with Gasteiger partial charge < -0.3 is 4.57 Å². The molecule has 3 aromatic heterocycles. The van der Waals surface area contributed by atoms with Crippen LogP contribution in [0.3, 0.4) is 0 Å². The molecular weight excluding hydrogens is 683 g/mol. The Kier molecular flexibility index (Phi) is 6.56. The number of rotatable bonds is 4. The number of para-hydroxylation sites is 2. The number of benzene rings is 9. The molecule has 0 aliphatic rings. The summed E-state index contributed by atoms with van der Waals surface area (Å²) in [5.41, 5.74) is 7.40. The van der Waals surface area contributed by atoms with Crippen LogP contribution in [0.2, 0.25) is 0 Å². The summed E-state index contributed by atoms with van der Waals surface area (Å²) in [6.45, 7) is 0. The average Bonchev–Trinajstić information content (AvgIpc) is 3.78. The third-order valence-electron chi connectivity index (χ3n) is 11.3. The lowest BCUT2D eigenvalue weighted by Crippen LogP contribution is -2.06. The monoisotopic (exact) mass is 713 g/mol. The number of hydrogen-bond acceptors (Lipinski definition) is 3. The Hall–Kier alpha value is -7.63. The van der Waals surface area contributed by atoms with Crippen molar-refractivity contribution in [2.45, 2.75) is 0 Å². The number of aromatic nitrogens is 5. The molecule has 0 aliphatic carbocycles. The molecule has 260 valence electrons. The van der Waals surface area contributed by atoms with Crippen LogP contribution in [-0.4, -0.2) is 24.1 Å². The molecule has 3 heterocycles. The second kappa shape index (κ2) is 11.9. The van der Waals surface area contributed by atoms with E-state index in [0.29, 0.717) is 17.6 Å². The van der Waals surface area contributed by atoms with Gasteiger partial charge in [-0.05, 0) is 68.7 Å². The minimum Gasteiger partial charge on any atom is -0.309 e. The summed E-state index contributed by atoms with van der Waals surface area (Å²) in [5.74, 6) is 1.85. The van der Waals surface area contributed by atoms with Crippen LogP contribution in [0, 0.1) is 0 Å². The van der Waals surface area contributed by atoms with Crippen molar-refractivity contribution in [2.24, 2.45) is 0 Å². The SMILES string of the molecule is c1ccc(-c2nc(-c3ccccc3)nc(-n3c4ccccc4c4cc5c(cc43)c3ccccc3n5-c3ccc4c5ccccc5c5ccccc5c4c3)n2)cc1. The van der Waals surface area contributed by atoms with Gasteiger partial charge in [-0.1, -0.05) is 152 Å². The van der Waals surface area contributed by atoms with Crippen LogP contribution in [-0.2, 0) is 0 Å². The number of hydrogen-bond donors (Lipinski definition) is 0. The Labute approximate surface area is 321 Å². The molecule has 9 aromatic carbocycles. The van der Waals surface area contributed by atoms with Crippen molar-refractivity contribution >= 4 is 75.9 Å². The third-order valence-corrected chi connectivity index (χ3v) is 11.3. The Morgan fingerprint density at radius 1 is 0.268 bits per heavy atom. The van der Waals surface area contributed by atoms with Gasteiger partial charge in [-0.25, -0.2) is 4.98 Å². The summed E-state index contributed by atoms with van der Waals surface area (Å²) in [6, 6.07) is 66.9. The third kappa shape index (κ3) is 4.52. The summed E-state index contributed by atoms with van der Waals surface area (Å²) in [7, 11) is 0. The summed E-state index contributed by atoms with van der Waals surface area (Å²) in [4.78, 5) is 15.3. The smallest absolute Gasteiger partial charge is 0.238 e. The molecule has 12 rings (SSSR count). The van der Waals surface area contributed by atoms with Crippen molar-refractivity contribution in [3.8, 4) is 34.4 Å². The molecule has 0 saturated heterocycles. The first-order valence-corrected chi connectivity index (χ1v) is 19.0. The predicted molar refractivity (Wildman–Crippen MR) is 232 cm³/mol. The average molecular weight is 714 g/mol. The van der Waals surface area contributed by atoms with Crippen LogP contribution in [0.5, 0.6) is 0 Å². The molecule has 0 aliphatic heterocycles. The Morgan fingerprint density at radius 2 is 0.679 bits per heavy atom. The van der Waals surface area contributed by atoms with Gasteiger partial charge in [0, 0.05) is 38.4 Å². The Morgan fingerprint density at radius 3 is 1.21 bits per heavy atom. The molecule has 0 fully saturated rings. The van der Waals surface area contributed by atoms with Crippen LogP contribution in [0.4, 0.5) is 0 Å². The van der Waals surface area contributed by atoms with Gasteiger partial charge in [0.25, 0.3) is 0 Å². The van der Waals surface area contributed by atoms with E-state index in [1.54, 1.807) is 0 Å². The lowest BCUT2D eigenvalue weighted by atomic mass is 9.94. The quantitative estimate of drug-likeness (QED) is 0.171. The second-order valence-electron chi connectivity index (χ2n) is 14.4. The van der Waals surface area contributed by atoms with Crippen LogP contribution in [0.15, 0.2) is 188 Å². The van der Waals surface area contributed by atoms with Crippen molar-refractivity contribution in [3.05, 3.63) is 188 Å². The van der Waals surface area contributed by atoms with E-state index >= 15 is 0 Å². The first-order valence-electron chi connectivity index (χ1n) is 19.0. The zero-order valence-corrected chi connectivity index (χ0v) is 30.1. The fourth-order valence-electron chi connectivity index (χ4n) is 8.86. The molecule has 0 unspecified atom stereocenters. The van der Waals surface area contributed by atoms with Crippen LogP contribution < -0.4 is 0 Å². The van der Waals surface area contributed by atoms with Gasteiger partial charge in [-0.3, -0.25) is 4.57 Å². The maximum absolute atomic E-state index is 5.18. The fourth-order valence-corrected chi connectivity index (χ4v) is 8.86. The molecule has 0 N–H and O–H groups in total. The molecule has 5 nitrogen and oxygen atoms in total. The predicted octanol–water partition coefficient (Wildman–Crippen LogP) is 12.9. The van der Waals surface area contributed by atoms with Gasteiger partial charge in [0.15, 0.2) is 11.6 Å². The van der Waals surface area contributed by atoms with Crippen molar-refractivity contribution in [1.29, 1.82) is 0 Å². The number of fused-ring (bicyclic) bond motifs is 12. The second-order valence-corrected chi connectivity index (χ2v) is 14.4. The van der Waals surface area contributed by atoms with Crippen molar-refractivity contribution in [2.75, 3.05) is 0 Å². The first kappa shape index (κ1) is 30.8. The molecule has 56 heavy (non-hydrogen) atoms. The zero-order chi connectivity index (χ0) is 36.7. The Bertz CT molecular complexity index is 3430. The van der Waals surface area contributed by atoms with E-state index in [0.717, 1.165) is 49.7 Å². The van der Waals surface area contributed by atoms with Gasteiger partial charge >= 0.3 is 0 Å². The highest BCUT2D eigenvalue weighted by atomic mass is 15.2. The van der Waals surface area contributed by atoms with Gasteiger partial charge in [-0.15, -0.1) is 0 Å². The lowest BCUT2D eigenvalue weighted by molar-refractivity contribution is 0.954. The summed E-state index contributed by atoms with van der Waals surface area (Å²) < 4.78 is 4.65. The maximum Gasteiger partial charge on any atom is 0.238 e. The number of nitrogens with zero attached hydrogens (tertiary/aromatic N) is 5. The summed E-state index contributed by atoms with van der Waals surface area (Å²) in [5, 5.41) is 12.2. The highest BCUT2D eigenvalue weighted by Crippen LogP contribution is 2.41. The van der Waals surface area contributed by atoms with Crippen LogP contribution >= 0.6 is 0 Å². The molecule has 0 radical (unpaired) electrons. The molecule has 0 amide bonds. The highest BCUT2D eigenvalue weighted by molar-refractivity contribution is 6.26. The maximum atomic E-state index is 5.18. The molecule has 0 atom stereocenters. The standard InChI is InChI=1S/C51H31N5/c1-3-15-32(16-4-1)49-52-50(33-17-5-2-6-18-33)54-51(53-49)56-46-26-14-12-24-41(46)44-30-47-43(31-48(44)56)40-23-11-13-25-45(40)55(47)34-27-28-39-37-21-8-7-19-35(37)36-20-9-10-22-38(36)42(39)29-34/h1-31H. The first-order chi connectivity index (χ1) is 27.8. The molecule has 5 heteroatoms. The topological polar surface area (TPSA) is 48.5 Å². The van der Waals surface area contributed by atoms with E-state index in [9.17, 15) is 0 Å². The van der Waals surface area contributed by atoms with Crippen LogP contribution in [0.1, 0.15) is 0 Å². The minimum atomic E-state index is 0.584. The van der Waals surface area contributed by atoms with E-state index in [2.05, 4.69) is 161 Å². The molecule has 12 aromatic rings. The molecule has 0 saturated carbocycles. The lowest BCUT2D eigenvalue weighted by Gasteiger charge is -2.14. The van der Waals surface area contributed by atoms with E-state index < -0.39 is 0 Å². The van der Waals surface area contributed by atoms with Gasteiger partial charge in [0.2, 0.25) is 5.95 Å². The van der Waals surface area contributed by atoms with E-state index in [-0.39, 0.29) is 0 Å². The van der Waals surface area contributed by atoms with Crippen molar-refractivity contribution in [3.63, 3.8) is 0 Å². The summed E-state index contributed by atoms with van der Waals surface area (Å²) >= 11 is 0. The van der Waals surface area contributed by atoms with Crippen molar-refractivity contribution in [1.82, 2.24) is 24.1 Å². The van der Waals surface area contributed by atoms with E-state index in [1.165, 1.54) is 43.1 Å². The molecule has 0 spiro atoms. The van der Waals surface area contributed by atoms with Crippen LogP contribution in [0.25, 0.3) is 110 Å². The van der Waals surface area contributed by atoms with E-state index in [1.807, 2.05) is 36.4 Å². The minimum absolute atomic E-state index is 0.584. The van der Waals surface area contributed by atoms with Gasteiger partial charge in [0.05, 0.1) is 22.1 Å². The normalized spacial score (nSPS) is 11.9.